The molecule has 114 valence electrons. The minimum absolute atomic E-state index is 0.123. The highest BCUT2D eigenvalue weighted by Gasteiger charge is 2.19. The van der Waals surface area contributed by atoms with E-state index in [1.807, 2.05) is 19.1 Å². The SMILES string of the molecule is CCNCc1cn[nH]c1S(=O)(=O)NCCc1ccncc1. The quantitative estimate of drug-likeness (QED) is 0.657. The highest BCUT2D eigenvalue weighted by atomic mass is 32.2. The first-order valence-electron chi connectivity index (χ1n) is 6.75. The molecule has 21 heavy (non-hydrogen) atoms. The second kappa shape index (κ2) is 7.30. The first-order valence-corrected chi connectivity index (χ1v) is 8.23. The van der Waals surface area contributed by atoms with Crippen molar-refractivity contribution >= 4 is 10.0 Å². The van der Waals surface area contributed by atoms with Gasteiger partial charge in [-0.1, -0.05) is 6.92 Å². The molecule has 0 unspecified atom stereocenters. The molecule has 0 radical (unpaired) electrons. The lowest BCUT2D eigenvalue weighted by molar-refractivity contribution is 0.574. The maximum absolute atomic E-state index is 12.2. The predicted octanol–water partition coefficient (Wildman–Crippen LogP) is 0.435. The van der Waals surface area contributed by atoms with Crippen LogP contribution in [-0.4, -0.2) is 36.7 Å². The van der Waals surface area contributed by atoms with Crippen LogP contribution in [0.5, 0.6) is 0 Å². The number of hydrogen-bond acceptors (Lipinski definition) is 5. The fourth-order valence-corrected chi connectivity index (χ4v) is 3.03. The van der Waals surface area contributed by atoms with Crippen LogP contribution in [-0.2, 0) is 23.0 Å². The summed E-state index contributed by atoms with van der Waals surface area (Å²) in [6.45, 7) is 3.51. The van der Waals surface area contributed by atoms with Crippen molar-refractivity contribution in [2.24, 2.45) is 0 Å². The summed E-state index contributed by atoms with van der Waals surface area (Å²) < 4.78 is 27.1. The van der Waals surface area contributed by atoms with E-state index in [9.17, 15) is 8.42 Å². The van der Waals surface area contributed by atoms with E-state index >= 15 is 0 Å². The fourth-order valence-electron chi connectivity index (χ4n) is 1.87. The van der Waals surface area contributed by atoms with E-state index in [0.717, 1.165) is 12.1 Å². The third-order valence-electron chi connectivity index (χ3n) is 2.97. The van der Waals surface area contributed by atoms with Crippen LogP contribution in [0.1, 0.15) is 18.1 Å². The number of pyridine rings is 1. The number of H-pyrrole nitrogens is 1. The molecule has 7 nitrogen and oxygen atoms in total. The Morgan fingerprint density at radius 3 is 2.76 bits per heavy atom. The van der Waals surface area contributed by atoms with Crippen LogP contribution in [0.4, 0.5) is 0 Å². The topological polar surface area (TPSA) is 99.8 Å². The van der Waals surface area contributed by atoms with Crippen LogP contribution in [0.2, 0.25) is 0 Å². The van der Waals surface area contributed by atoms with Gasteiger partial charge in [0.1, 0.15) is 0 Å². The third-order valence-corrected chi connectivity index (χ3v) is 4.44. The van der Waals surface area contributed by atoms with Crippen molar-refractivity contribution in [2.45, 2.75) is 24.9 Å². The Kier molecular flexibility index (Phi) is 5.43. The second-order valence-corrected chi connectivity index (χ2v) is 6.21. The van der Waals surface area contributed by atoms with E-state index in [1.165, 1.54) is 6.20 Å². The van der Waals surface area contributed by atoms with Crippen LogP contribution >= 0.6 is 0 Å². The summed E-state index contributed by atoms with van der Waals surface area (Å²) >= 11 is 0. The van der Waals surface area contributed by atoms with Crippen LogP contribution in [0, 0.1) is 0 Å². The Bertz CT molecular complexity index is 654. The van der Waals surface area contributed by atoms with E-state index in [1.54, 1.807) is 12.4 Å². The molecule has 0 fully saturated rings. The molecule has 3 N–H and O–H groups in total. The monoisotopic (exact) mass is 309 g/mol. The van der Waals surface area contributed by atoms with Gasteiger partial charge in [0.15, 0.2) is 5.03 Å². The zero-order valence-corrected chi connectivity index (χ0v) is 12.7. The molecule has 0 spiro atoms. The molecule has 0 saturated heterocycles. The van der Waals surface area contributed by atoms with E-state index < -0.39 is 10.0 Å². The average Bonchev–Trinajstić information content (AvgIpc) is 2.95. The Hall–Kier alpha value is -1.77. The lowest BCUT2D eigenvalue weighted by atomic mass is 10.2. The number of sulfonamides is 1. The molecule has 0 atom stereocenters. The molecule has 0 aromatic carbocycles. The molecule has 8 heteroatoms. The second-order valence-electron chi connectivity index (χ2n) is 4.51. The molecule has 0 aliphatic rings. The maximum Gasteiger partial charge on any atom is 0.257 e. The van der Waals surface area contributed by atoms with Gasteiger partial charge in [0.05, 0.1) is 6.20 Å². The van der Waals surface area contributed by atoms with E-state index in [-0.39, 0.29) is 5.03 Å². The van der Waals surface area contributed by atoms with E-state index in [0.29, 0.717) is 25.1 Å². The van der Waals surface area contributed by atoms with Crippen molar-refractivity contribution in [3.05, 3.63) is 41.9 Å². The van der Waals surface area contributed by atoms with Gasteiger partial charge in [-0.15, -0.1) is 0 Å². The first kappa shape index (κ1) is 15.6. The standard InChI is InChI=1S/C13H19N5O2S/c1-2-14-9-12-10-16-18-13(12)21(19,20)17-8-5-11-3-6-15-7-4-11/h3-4,6-7,10,14,17H,2,5,8-9H2,1H3,(H,16,18). The van der Waals surface area contributed by atoms with Gasteiger partial charge in [-0.25, -0.2) is 13.1 Å². The van der Waals surface area contributed by atoms with Crippen LogP contribution < -0.4 is 10.0 Å². The molecule has 2 aromatic rings. The molecule has 2 heterocycles. The number of aromatic amines is 1. The summed E-state index contributed by atoms with van der Waals surface area (Å²) in [6.07, 6.45) is 5.51. The van der Waals surface area contributed by atoms with Crippen LogP contribution in [0.25, 0.3) is 0 Å². The minimum atomic E-state index is -3.57. The van der Waals surface area contributed by atoms with Crippen LogP contribution in [0.3, 0.4) is 0 Å². The van der Waals surface area contributed by atoms with Gasteiger partial charge < -0.3 is 5.32 Å². The Balaban J connectivity index is 1.97. The van der Waals surface area contributed by atoms with Gasteiger partial charge >= 0.3 is 0 Å². The van der Waals surface area contributed by atoms with Gasteiger partial charge in [-0.05, 0) is 30.7 Å². The van der Waals surface area contributed by atoms with Gasteiger partial charge in [0, 0.05) is 31.0 Å². The summed E-state index contributed by atoms with van der Waals surface area (Å²) in [7, 11) is -3.57. The van der Waals surface area contributed by atoms with Crippen molar-refractivity contribution in [2.75, 3.05) is 13.1 Å². The average molecular weight is 309 g/mol. The predicted molar refractivity (Wildman–Crippen MR) is 79.1 cm³/mol. The number of hydrogen-bond donors (Lipinski definition) is 3. The zero-order chi connectivity index (χ0) is 15.1. The largest absolute Gasteiger partial charge is 0.313 e. The number of nitrogens with zero attached hydrogens (tertiary/aromatic N) is 2. The van der Waals surface area contributed by atoms with Gasteiger partial charge in [0.25, 0.3) is 10.0 Å². The van der Waals surface area contributed by atoms with Crippen molar-refractivity contribution in [1.29, 1.82) is 0 Å². The molecule has 2 aromatic heterocycles. The lowest BCUT2D eigenvalue weighted by Gasteiger charge is -2.07. The van der Waals surface area contributed by atoms with Crippen molar-refractivity contribution < 1.29 is 8.42 Å². The lowest BCUT2D eigenvalue weighted by Crippen LogP contribution is -2.27. The minimum Gasteiger partial charge on any atom is -0.313 e. The molecule has 2 rings (SSSR count). The summed E-state index contributed by atoms with van der Waals surface area (Å²) in [5.74, 6) is 0. The van der Waals surface area contributed by atoms with Gasteiger partial charge in [-0.3, -0.25) is 10.1 Å². The third kappa shape index (κ3) is 4.35. The Labute approximate surface area is 124 Å². The van der Waals surface area contributed by atoms with Gasteiger partial charge in [0.2, 0.25) is 0 Å². The smallest absolute Gasteiger partial charge is 0.257 e. The highest BCUT2D eigenvalue weighted by molar-refractivity contribution is 7.89. The van der Waals surface area contributed by atoms with E-state index in [2.05, 4.69) is 25.2 Å². The molecule has 0 saturated carbocycles. The van der Waals surface area contributed by atoms with Crippen molar-refractivity contribution in [3.8, 4) is 0 Å². The Morgan fingerprint density at radius 2 is 2.05 bits per heavy atom. The summed E-state index contributed by atoms with van der Waals surface area (Å²) in [5, 5.41) is 9.58. The normalized spacial score (nSPS) is 11.7. The number of rotatable bonds is 8. The molecule has 0 bridgehead atoms. The maximum atomic E-state index is 12.2. The molecular formula is C13H19N5O2S. The number of aromatic nitrogens is 3. The fraction of sp³-hybridized carbons (Fsp3) is 0.385. The van der Waals surface area contributed by atoms with Crippen molar-refractivity contribution in [3.63, 3.8) is 0 Å². The molecular weight excluding hydrogens is 290 g/mol. The van der Waals surface area contributed by atoms with Crippen molar-refractivity contribution in [1.82, 2.24) is 25.2 Å². The molecule has 0 amide bonds. The number of nitrogens with one attached hydrogen (secondary N) is 3. The summed E-state index contributed by atoms with van der Waals surface area (Å²) in [6, 6.07) is 3.72. The van der Waals surface area contributed by atoms with Gasteiger partial charge in [-0.2, -0.15) is 5.10 Å². The molecule has 0 aliphatic carbocycles. The highest BCUT2D eigenvalue weighted by Crippen LogP contribution is 2.11. The van der Waals surface area contributed by atoms with Crippen LogP contribution in [0.15, 0.2) is 35.7 Å². The first-order chi connectivity index (χ1) is 10.1. The van der Waals surface area contributed by atoms with E-state index in [4.69, 9.17) is 0 Å². The summed E-state index contributed by atoms with van der Waals surface area (Å²) in [4.78, 5) is 3.92. The summed E-state index contributed by atoms with van der Waals surface area (Å²) in [5.41, 5.74) is 1.67. The zero-order valence-electron chi connectivity index (χ0n) is 11.8. The Morgan fingerprint density at radius 1 is 1.29 bits per heavy atom. The molecule has 0 aliphatic heterocycles.